The van der Waals surface area contributed by atoms with Gasteiger partial charge in [0.2, 0.25) is 0 Å². The van der Waals surface area contributed by atoms with Gasteiger partial charge in [-0.2, -0.15) is 0 Å². The van der Waals surface area contributed by atoms with Gasteiger partial charge in [0, 0.05) is 49.9 Å². The normalized spacial score (nSPS) is 18.7. The van der Waals surface area contributed by atoms with Crippen LogP contribution in [0.1, 0.15) is 59.7 Å². The van der Waals surface area contributed by atoms with E-state index in [9.17, 15) is 19.7 Å². The average Bonchev–Trinajstić information content (AvgIpc) is 2.73. The molecule has 1 aliphatic heterocycles. The summed E-state index contributed by atoms with van der Waals surface area (Å²) in [6.45, 7) is 4.63. The van der Waals surface area contributed by atoms with Crippen LogP contribution in [0.5, 0.6) is 0 Å². The monoisotopic (exact) mass is 389 g/mol. The highest BCUT2D eigenvalue weighted by atomic mass is 16.6. The highest BCUT2D eigenvalue weighted by Gasteiger charge is 2.28. The summed E-state index contributed by atoms with van der Waals surface area (Å²) < 4.78 is 4.93. The fraction of sp³-hybridized carbons (Fsp3) is 0.600. The van der Waals surface area contributed by atoms with Gasteiger partial charge in [0.1, 0.15) is 0 Å². The van der Waals surface area contributed by atoms with Crippen molar-refractivity contribution >= 4 is 17.6 Å². The predicted molar refractivity (Wildman–Crippen MR) is 103 cm³/mol. The van der Waals surface area contributed by atoms with Crippen molar-refractivity contribution in [2.45, 2.75) is 45.1 Å². The highest BCUT2D eigenvalue weighted by Crippen LogP contribution is 2.24. The van der Waals surface area contributed by atoms with Gasteiger partial charge in [-0.05, 0) is 25.8 Å². The van der Waals surface area contributed by atoms with Crippen LogP contribution >= 0.6 is 0 Å². The molecule has 152 valence electrons. The molecule has 0 atom stereocenters. The molecule has 1 aromatic rings. The molecule has 0 bridgehead atoms. The van der Waals surface area contributed by atoms with Gasteiger partial charge in [0.15, 0.2) is 0 Å². The second kappa shape index (κ2) is 9.14. The van der Waals surface area contributed by atoms with Crippen LogP contribution in [0.3, 0.4) is 0 Å². The second-order valence-electron chi connectivity index (χ2n) is 7.37. The van der Waals surface area contributed by atoms with E-state index in [0.29, 0.717) is 19.1 Å². The second-order valence-corrected chi connectivity index (χ2v) is 7.37. The predicted octanol–water partition coefficient (Wildman–Crippen LogP) is 2.86. The third-order valence-electron chi connectivity index (χ3n) is 5.58. The minimum absolute atomic E-state index is 0.0280. The summed E-state index contributed by atoms with van der Waals surface area (Å²) in [5, 5.41) is 11.2. The van der Waals surface area contributed by atoms with E-state index >= 15 is 0 Å². The summed E-state index contributed by atoms with van der Waals surface area (Å²) in [7, 11) is 0. The van der Waals surface area contributed by atoms with Crippen molar-refractivity contribution in [2.24, 2.45) is 0 Å². The van der Waals surface area contributed by atoms with E-state index < -0.39 is 10.9 Å². The fourth-order valence-electron chi connectivity index (χ4n) is 4.09. The molecule has 2 fully saturated rings. The Balaban J connectivity index is 1.71. The van der Waals surface area contributed by atoms with Crippen molar-refractivity contribution in [2.75, 3.05) is 32.8 Å². The van der Waals surface area contributed by atoms with Gasteiger partial charge in [0.05, 0.1) is 17.1 Å². The lowest BCUT2D eigenvalue weighted by atomic mass is 9.94. The van der Waals surface area contributed by atoms with Gasteiger partial charge >= 0.3 is 5.97 Å². The van der Waals surface area contributed by atoms with Gasteiger partial charge < -0.3 is 9.64 Å². The lowest BCUT2D eigenvalue weighted by Crippen LogP contribution is -2.52. The number of hydrogen-bond acceptors (Lipinski definition) is 6. The Kier molecular flexibility index (Phi) is 6.61. The maximum Gasteiger partial charge on any atom is 0.338 e. The number of nitro groups is 1. The van der Waals surface area contributed by atoms with E-state index in [4.69, 9.17) is 4.74 Å². The maximum absolute atomic E-state index is 12.9. The van der Waals surface area contributed by atoms with Crippen LogP contribution in [0.4, 0.5) is 5.69 Å². The fourth-order valence-corrected chi connectivity index (χ4v) is 4.09. The quantitative estimate of drug-likeness (QED) is 0.437. The van der Waals surface area contributed by atoms with Gasteiger partial charge in [-0.25, -0.2) is 4.79 Å². The number of esters is 1. The molecule has 1 aliphatic carbocycles. The lowest BCUT2D eigenvalue weighted by Gasteiger charge is -2.40. The number of nitrogens with zero attached hydrogens (tertiary/aromatic N) is 3. The van der Waals surface area contributed by atoms with E-state index in [1.165, 1.54) is 44.2 Å². The molecule has 1 heterocycles. The van der Waals surface area contributed by atoms with Gasteiger partial charge in [0.25, 0.3) is 11.6 Å². The SMILES string of the molecule is CCOC(=O)c1cc(C(=O)N2CCN(C3CCCCC3)CC2)cc([N+](=O)[O-])c1. The van der Waals surface area contributed by atoms with Crippen molar-refractivity contribution in [1.82, 2.24) is 9.80 Å². The average molecular weight is 389 g/mol. The molecule has 2 aliphatic rings. The van der Waals surface area contributed by atoms with Crippen molar-refractivity contribution in [3.63, 3.8) is 0 Å². The number of nitro benzene ring substituents is 1. The molecule has 28 heavy (non-hydrogen) atoms. The smallest absolute Gasteiger partial charge is 0.338 e. The Morgan fingerprint density at radius 1 is 1.07 bits per heavy atom. The number of non-ortho nitro benzene ring substituents is 1. The maximum atomic E-state index is 12.9. The van der Waals surface area contributed by atoms with Crippen molar-refractivity contribution in [1.29, 1.82) is 0 Å². The summed E-state index contributed by atoms with van der Waals surface area (Å²) in [5.74, 6) is -0.945. The molecule has 0 N–H and O–H groups in total. The van der Waals surface area contributed by atoms with Crippen LogP contribution in [0, 0.1) is 10.1 Å². The van der Waals surface area contributed by atoms with Crippen molar-refractivity contribution < 1.29 is 19.2 Å². The minimum Gasteiger partial charge on any atom is -0.462 e. The third-order valence-corrected chi connectivity index (χ3v) is 5.58. The number of piperazine rings is 1. The molecule has 1 amide bonds. The number of carbonyl (C=O) groups excluding carboxylic acids is 2. The van der Waals surface area contributed by atoms with Crippen LogP contribution in [0.25, 0.3) is 0 Å². The van der Waals surface area contributed by atoms with Crippen LogP contribution < -0.4 is 0 Å². The third kappa shape index (κ3) is 4.67. The van der Waals surface area contributed by atoms with Gasteiger partial charge in [-0.1, -0.05) is 19.3 Å². The molecular weight excluding hydrogens is 362 g/mol. The largest absolute Gasteiger partial charge is 0.462 e. The van der Waals surface area contributed by atoms with Gasteiger partial charge in [-0.15, -0.1) is 0 Å². The number of amides is 1. The topological polar surface area (TPSA) is 93.0 Å². The summed E-state index contributed by atoms with van der Waals surface area (Å²) in [6.07, 6.45) is 6.30. The van der Waals surface area contributed by atoms with Crippen molar-refractivity contribution in [3.05, 3.63) is 39.4 Å². The summed E-state index contributed by atoms with van der Waals surface area (Å²) in [5.41, 5.74) is -0.0987. The Hall–Kier alpha value is -2.48. The van der Waals surface area contributed by atoms with Crippen LogP contribution in [0.15, 0.2) is 18.2 Å². The molecule has 8 nitrogen and oxygen atoms in total. The molecule has 3 rings (SSSR count). The van der Waals surface area contributed by atoms with E-state index in [0.717, 1.165) is 19.2 Å². The lowest BCUT2D eigenvalue weighted by molar-refractivity contribution is -0.384. The minimum atomic E-state index is -0.664. The van der Waals surface area contributed by atoms with Crippen LogP contribution in [0.2, 0.25) is 0 Å². The molecule has 8 heteroatoms. The molecule has 1 aromatic carbocycles. The zero-order chi connectivity index (χ0) is 20.1. The van der Waals surface area contributed by atoms with Gasteiger partial charge in [-0.3, -0.25) is 19.8 Å². The molecule has 0 unspecified atom stereocenters. The number of carbonyl (C=O) groups is 2. The first-order chi connectivity index (χ1) is 13.5. The number of hydrogen-bond donors (Lipinski definition) is 0. The molecule has 1 saturated carbocycles. The highest BCUT2D eigenvalue weighted by molar-refractivity contribution is 5.99. The number of benzene rings is 1. The van der Waals surface area contributed by atoms with E-state index in [2.05, 4.69) is 4.90 Å². The summed E-state index contributed by atoms with van der Waals surface area (Å²) >= 11 is 0. The Bertz CT molecular complexity index is 737. The molecule has 0 aromatic heterocycles. The molecule has 0 spiro atoms. The summed E-state index contributed by atoms with van der Waals surface area (Å²) in [4.78, 5) is 39.7. The van der Waals surface area contributed by atoms with Crippen molar-refractivity contribution in [3.8, 4) is 0 Å². The first-order valence-electron chi connectivity index (χ1n) is 9.99. The van der Waals surface area contributed by atoms with Crippen LogP contribution in [-0.2, 0) is 4.74 Å². The van der Waals surface area contributed by atoms with E-state index in [-0.39, 0.29) is 29.3 Å². The first-order valence-corrected chi connectivity index (χ1v) is 9.99. The Morgan fingerprint density at radius 2 is 1.71 bits per heavy atom. The Labute approximate surface area is 164 Å². The van der Waals surface area contributed by atoms with Crippen LogP contribution in [-0.4, -0.2) is 65.4 Å². The zero-order valence-corrected chi connectivity index (χ0v) is 16.3. The van der Waals surface area contributed by atoms with E-state index in [1.807, 2.05) is 0 Å². The number of rotatable bonds is 5. The standard InChI is InChI=1S/C20H27N3O5/c1-2-28-20(25)16-12-15(13-18(14-16)23(26)27)19(24)22-10-8-21(9-11-22)17-6-4-3-5-7-17/h12-14,17H,2-11H2,1H3. The molecule has 0 radical (unpaired) electrons. The molecular formula is C20H27N3O5. The summed E-state index contributed by atoms with van der Waals surface area (Å²) in [6, 6.07) is 4.38. The Morgan fingerprint density at radius 3 is 2.32 bits per heavy atom. The first kappa shape index (κ1) is 20.3. The van der Waals surface area contributed by atoms with E-state index in [1.54, 1.807) is 11.8 Å². The zero-order valence-electron chi connectivity index (χ0n) is 16.3. The number of ether oxygens (including phenoxy) is 1. The molecule has 1 saturated heterocycles.